The first-order valence-corrected chi connectivity index (χ1v) is 5.07. The number of rotatable bonds is 3. The van der Waals surface area contributed by atoms with Gasteiger partial charge in [0, 0.05) is 5.56 Å². The van der Waals surface area contributed by atoms with Crippen molar-refractivity contribution in [3.8, 4) is 11.8 Å². The first-order valence-electron chi connectivity index (χ1n) is 5.07. The van der Waals surface area contributed by atoms with Gasteiger partial charge in [-0.1, -0.05) is 6.92 Å². The van der Waals surface area contributed by atoms with E-state index in [-0.39, 0.29) is 17.9 Å². The van der Waals surface area contributed by atoms with Crippen LogP contribution in [0.4, 0.5) is 0 Å². The molecule has 0 saturated heterocycles. The predicted octanol–water partition coefficient (Wildman–Crippen LogP) is 2.00. The molecule has 4 nitrogen and oxygen atoms in total. The van der Waals surface area contributed by atoms with E-state index >= 15 is 0 Å². The number of hydrogen-bond acceptors (Lipinski definition) is 4. The first-order chi connectivity index (χ1) is 7.65. The van der Waals surface area contributed by atoms with Crippen molar-refractivity contribution in [3.63, 3.8) is 0 Å². The minimum Gasteiger partial charge on any atom is -0.507 e. The van der Waals surface area contributed by atoms with Gasteiger partial charge in [0.15, 0.2) is 0 Å². The molecule has 16 heavy (non-hydrogen) atoms. The van der Waals surface area contributed by atoms with E-state index in [2.05, 4.69) is 0 Å². The number of nitrogens with zero attached hydrogens (tertiary/aromatic N) is 1. The van der Waals surface area contributed by atoms with Gasteiger partial charge in [0.05, 0.1) is 18.2 Å². The third-order valence-corrected chi connectivity index (χ3v) is 2.25. The summed E-state index contributed by atoms with van der Waals surface area (Å²) >= 11 is 0. The number of benzene rings is 1. The third-order valence-electron chi connectivity index (χ3n) is 2.25. The first kappa shape index (κ1) is 12.1. The van der Waals surface area contributed by atoms with Crippen LogP contribution in [0, 0.1) is 11.3 Å². The van der Waals surface area contributed by atoms with Crippen molar-refractivity contribution in [1.29, 1.82) is 5.26 Å². The Labute approximate surface area is 94.1 Å². The fraction of sp³-hybridized carbons (Fsp3) is 0.333. The van der Waals surface area contributed by atoms with Crippen LogP contribution in [0.5, 0.6) is 5.75 Å². The van der Waals surface area contributed by atoms with Gasteiger partial charge < -0.3 is 9.84 Å². The molecule has 1 N–H and O–H groups in total. The fourth-order valence-corrected chi connectivity index (χ4v) is 1.47. The van der Waals surface area contributed by atoms with Gasteiger partial charge in [-0.05, 0) is 25.5 Å². The Morgan fingerprint density at radius 1 is 1.50 bits per heavy atom. The summed E-state index contributed by atoms with van der Waals surface area (Å²) in [6.45, 7) is 3.75. The van der Waals surface area contributed by atoms with Crippen molar-refractivity contribution in [2.75, 3.05) is 6.61 Å². The molecule has 0 radical (unpaired) electrons. The Balaban J connectivity index is 3.25. The lowest BCUT2D eigenvalue weighted by atomic mass is 10.0. The van der Waals surface area contributed by atoms with Gasteiger partial charge in [0.1, 0.15) is 11.3 Å². The summed E-state index contributed by atoms with van der Waals surface area (Å²) in [5.74, 6) is -0.723. The molecule has 1 aromatic rings. The molecular formula is C12H13NO3. The van der Waals surface area contributed by atoms with Crippen LogP contribution in [0.3, 0.4) is 0 Å². The maximum atomic E-state index is 11.5. The van der Waals surface area contributed by atoms with E-state index < -0.39 is 5.97 Å². The quantitative estimate of drug-likeness (QED) is 0.789. The number of phenols is 1. The van der Waals surface area contributed by atoms with Crippen LogP contribution in [0.2, 0.25) is 0 Å². The van der Waals surface area contributed by atoms with E-state index in [1.165, 1.54) is 12.1 Å². The van der Waals surface area contributed by atoms with E-state index in [4.69, 9.17) is 10.00 Å². The van der Waals surface area contributed by atoms with Gasteiger partial charge in [-0.3, -0.25) is 0 Å². The van der Waals surface area contributed by atoms with Gasteiger partial charge in [0.25, 0.3) is 0 Å². The van der Waals surface area contributed by atoms with Crippen molar-refractivity contribution >= 4 is 5.97 Å². The molecule has 0 atom stereocenters. The lowest BCUT2D eigenvalue weighted by Crippen LogP contribution is -2.06. The van der Waals surface area contributed by atoms with Crippen LogP contribution < -0.4 is 0 Å². The third kappa shape index (κ3) is 2.14. The number of phenolic OH excluding ortho intramolecular Hbond substituents is 1. The SMILES string of the molecule is CCOC(=O)c1ccc(C#N)c(CC)c1O. The number of aromatic hydroxyl groups is 1. The predicted molar refractivity (Wildman–Crippen MR) is 58.2 cm³/mol. The molecular weight excluding hydrogens is 206 g/mol. The minimum absolute atomic E-state index is 0.109. The van der Waals surface area contributed by atoms with Gasteiger partial charge in [0.2, 0.25) is 0 Å². The number of esters is 1. The van der Waals surface area contributed by atoms with Crippen molar-refractivity contribution < 1.29 is 14.6 Å². The lowest BCUT2D eigenvalue weighted by molar-refractivity contribution is 0.0523. The molecule has 0 aliphatic rings. The molecule has 1 aromatic carbocycles. The molecule has 0 heterocycles. The molecule has 0 fully saturated rings. The van der Waals surface area contributed by atoms with E-state index in [0.29, 0.717) is 17.5 Å². The second kappa shape index (κ2) is 5.17. The Bertz CT molecular complexity index is 446. The highest BCUT2D eigenvalue weighted by molar-refractivity contribution is 5.93. The highest BCUT2D eigenvalue weighted by atomic mass is 16.5. The normalized spacial score (nSPS) is 9.56. The molecule has 84 valence electrons. The smallest absolute Gasteiger partial charge is 0.341 e. The molecule has 0 unspecified atom stereocenters. The topological polar surface area (TPSA) is 70.3 Å². The Morgan fingerprint density at radius 3 is 2.69 bits per heavy atom. The van der Waals surface area contributed by atoms with Crippen molar-refractivity contribution in [2.24, 2.45) is 0 Å². The highest BCUT2D eigenvalue weighted by Crippen LogP contribution is 2.26. The van der Waals surface area contributed by atoms with E-state index in [1.54, 1.807) is 6.92 Å². The Kier molecular flexibility index (Phi) is 3.90. The largest absolute Gasteiger partial charge is 0.507 e. The molecule has 4 heteroatoms. The number of nitriles is 1. The summed E-state index contributed by atoms with van der Waals surface area (Å²) < 4.78 is 4.80. The second-order valence-corrected chi connectivity index (χ2v) is 3.17. The van der Waals surface area contributed by atoms with Crippen LogP contribution in [0.15, 0.2) is 12.1 Å². The maximum absolute atomic E-state index is 11.5. The van der Waals surface area contributed by atoms with Crippen LogP contribution in [-0.2, 0) is 11.2 Å². The van der Waals surface area contributed by atoms with Crippen LogP contribution in [0.25, 0.3) is 0 Å². The molecule has 0 bridgehead atoms. The number of hydrogen-bond donors (Lipinski definition) is 1. The minimum atomic E-state index is -0.570. The molecule has 0 saturated carbocycles. The van der Waals surface area contributed by atoms with Crippen LogP contribution in [0.1, 0.15) is 35.3 Å². The molecule has 0 spiro atoms. The fourth-order valence-electron chi connectivity index (χ4n) is 1.47. The molecule has 0 aliphatic carbocycles. The number of ether oxygens (including phenoxy) is 1. The number of carbonyl (C=O) groups is 1. The average molecular weight is 219 g/mol. The lowest BCUT2D eigenvalue weighted by Gasteiger charge is -2.09. The van der Waals surface area contributed by atoms with E-state index in [0.717, 1.165) is 0 Å². The zero-order valence-corrected chi connectivity index (χ0v) is 9.28. The van der Waals surface area contributed by atoms with Crippen LogP contribution in [-0.4, -0.2) is 17.7 Å². The van der Waals surface area contributed by atoms with Gasteiger partial charge in [-0.15, -0.1) is 0 Å². The van der Waals surface area contributed by atoms with Gasteiger partial charge in [-0.2, -0.15) is 5.26 Å². The summed E-state index contributed by atoms with van der Waals surface area (Å²) in [6, 6.07) is 4.90. The molecule has 0 aromatic heterocycles. The molecule has 0 aliphatic heterocycles. The second-order valence-electron chi connectivity index (χ2n) is 3.17. The van der Waals surface area contributed by atoms with Crippen molar-refractivity contribution in [1.82, 2.24) is 0 Å². The summed E-state index contributed by atoms with van der Waals surface area (Å²) in [5, 5.41) is 18.7. The highest BCUT2D eigenvalue weighted by Gasteiger charge is 2.17. The average Bonchev–Trinajstić information content (AvgIpc) is 2.28. The molecule has 1 rings (SSSR count). The summed E-state index contributed by atoms with van der Waals surface area (Å²) in [7, 11) is 0. The monoisotopic (exact) mass is 219 g/mol. The molecule has 0 amide bonds. The van der Waals surface area contributed by atoms with E-state index in [9.17, 15) is 9.90 Å². The Hall–Kier alpha value is -2.02. The summed E-state index contributed by atoms with van der Waals surface area (Å²) in [5.41, 5.74) is 0.971. The summed E-state index contributed by atoms with van der Waals surface area (Å²) in [6.07, 6.45) is 0.488. The zero-order chi connectivity index (χ0) is 12.1. The Morgan fingerprint density at radius 2 is 2.19 bits per heavy atom. The van der Waals surface area contributed by atoms with E-state index in [1.807, 2.05) is 13.0 Å². The standard InChI is InChI=1S/C12H13NO3/c1-3-9-8(7-13)5-6-10(11(9)14)12(15)16-4-2/h5-6,14H,3-4H2,1-2H3. The number of carbonyl (C=O) groups excluding carboxylic acids is 1. The van der Waals surface area contributed by atoms with Crippen molar-refractivity contribution in [3.05, 3.63) is 28.8 Å². The van der Waals surface area contributed by atoms with Gasteiger partial charge >= 0.3 is 5.97 Å². The summed E-state index contributed by atoms with van der Waals surface area (Å²) in [4.78, 5) is 11.5. The maximum Gasteiger partial charge on any atom is 0.341 e. The van der Waals surface area contributed by atoms with Crippen molar-refractivity contribution in [2.45, 2.75) is 20.3 Å². The van der Waals surface area contributed by atoms with Gasteiger partial charge in [-0.25, -0.2) is 4.79 Å². The zero-order valence-electron chi connectivity index (χ0n) is 9.28. The van der Waals surface area contributed by atoms with Crippen LogP contribution >= 0.6 is 0 Å².